The summed E-state index contributed by atoms with van der Waals surface area (Å²) in [6.07, 6.45) is 1.79. The van der Waals surface area contributed by atoms with Crippen LogP contribution < -0.4 is 10.1 Å². The normalized spacial score (nSPS) is 15.8. The topological polar surface area (TPSA) is 30.5 Å². The number of nitrogens with one attached hydrogen (secondary N) is 1. The number of fused-ring (bicyclic) bond motifs is 1. The number of halogens is 1. The third kappa shape index (κ3) is 3.27. The van der Waals surface area contributed by atoms with Crippen molar-refractivity contribution in [2.75, 3.05) is 20.3 Å². The molecule has 0 aromatic heterocycles. The molecule has 1 aliphatic rings. The first-order valence-electron chi connectivity index (χ1n) is 7.23. The molecule has 1 aromatic carbocycles. The van der Waals surface area contributed by atoms with Crippen molar-refractivity contribution < 1.29 is 9.47 Å². The molecule has 1 unspecified atom stereocenters. The fourth-order valence-corrected chi connectivity index (χ4v) is 3.15. The van der Waals surface area contributed by atoms with E-state index >= 15 is 0 Å². The zero-order valence-electron chi connectivity index (χ0n) is 12.8. The van der Waals surface area contributed by atoms with Crippen molar-refractivity contribution in [3.8, 4) is 5.75 Å². The van der Waals surface area contributed by atoms with Gasteiger partial charge in [0.2, 0.25) is 0 Å². The summed E-state index contributed by atoms with van der Waals surface area (Å²) in [5, 5.41) is 4.15. The first kappa shape index (κ1) is 15.6. The molecular weight excluding hydrogens is 274 g/mol. The van der Waals surface area contributed by atoms with Gasteiger partial charge in [-0.1, -0.05) is 11.6 Å². The molecule has 1 aromatic rings. The minimum Gasteiger partial charge on any atom is -0.493 e. The summed E-state index contributed by atoms with van der Waals surface area (Å²) in [5.74, 6) is 1.02. The van der Waals surface area contributed by atoms with Crippen molar-refractivity contribution in [1.82, 2.24) is 5.32 Å². The molecule has 3 nitrogen and oxygen atoms in total. The maximum atomic E-state index is 6.22. The number of likely N-dealkylation sites (N-methyl/N-ethyl adjacent to an activating group) is 1. The molecule has 0 saturated heterocycles. The Hall–Kier alpha value is -0.770. The summed E-state index contributed by atoms with van der Waals surface area (Å²) in [6, 6.07) is 4.22. The highest BCUT2D eigenvalue weighted by atomic mass is 35.5. The number of hydrogen-bond acceptors (Lipinski definition) is 3. The van der Waals surface area contributed by atoms with Crippen LogP contribution in [0, 0.1) is 0 Å². The lowest BCUT2D eigenvalue weighted by atomic mass is 9.91. The fraction of sp³-hybridized carbons (Fsp3) is 0.625. The highest BCUT2D eigenvalue weighted by Crippen LogP contribution is 2.34. The standard InChI is InChI=1S/C16H24ClNO2/c1-5-20-16(2,3)14(18-4)10-12-9-13(17)8-11-6-7-19-15(11)12/h8-9,14,18H,5-7,10H2,1-4H3. The Morgan fingerprint density at radius 3 is 2.85 bits per heavy atom. The summed E-state index contributed by atoms with van der Waals surface area (Å²) >= 11 is 6.22. The van der Waals surface area contributed by atoms with Crippen LogP contribution in [0.2, 0.25) is 5.02 Å². The quantitative estimate of drug-likeness (QED) is 0.874. The molecule has 0 amide bonds. The van der Waals surface area contributed by atoms with Crippen molar-refractivity contribution in [1.29, 1.82) is 0 Å². The minimum absolute atomic E-state index is 0.203. The molecule has 1 heterocycles. The van der Waals surface area contributed by atoms with Gasteiger partial charge >= 0.3 is 0 Å². The van der Waals surface area contributed by atoms with E-state index in [0.29, 0.717) is 6.61 Å². The van der Waals surface area contributed by atoms with Crippen LogP contribution in [0.25, 0.3) is 0 Å². The first-order chi connectivity index (χ1) is 9.47. The zero-order valence-corrected chi connectivity index (χ0v) is 13.5. The Morgan fingerprint density at radius 2 is 2.20 bits per heavy atom. The molecule has 1 N–H and O–H groups in total. The van der Waals surface area contributed by atoms with E-state index in [0.717, 1.165) is 35.8 Å². The molecule has 0 radical (unpaired) electrons. The van der Waals surface area contributed by atoms with Gasteiger partial charge in [-0.15, -0.1) is 0 Å². The molecule has 1 atom stereocenters. The number of hydrogen-bond donors (Lipinski definition) is 1. The molecule has 20 heavy (non-hydrogen) atoms. The van der Waals surface area contributed by atoms with E-state index in [1.165, 1.54) is 5.56 Å². The second-order valence-electron chi connectivity index (χ2n) is 5.73. The predicted molar refractivity (Wildman–Crippen MR) is 82.9 cm³/mol. The zero-order chi connectivity index (χ0) is 14.8. The van der Waals surface area contributed by atoms with E-state index in [1.807, 2.05) is 26.1 Å². The van der Waals surface area contributed by atoms with Crippen LogP contribution in [0.1, 0.15) is 31.9 Å². The molecule has 0 fully saturated rings. The predicted octanol–water partition coefficient (Wildman–Crippen LogP) is 3.22. The Bertz CT molecular complexity index is 474. The van der Waals surface area contributed by atoms with E-state index in [2.05, 4.69) is 19.2 Å². The van der Waals surface area contributed by atoms with Crippen LogP contribution >= 0.6 is 11.6 Å². The van der Waals surface area contributed by atoms with Crippen molar-refractivity contribution in [2.45, 2.75) is 45.3 Å². The van der Waals surface area contributed by atoms with E-state index < -0.39 is 0 Å². The molecule has 1 aliphatic heterocycles. The van der Waals surface area contributed by atoms with Gasteiger partial charge in [0, 0.05) is 24.1 Å². The Morgan fingerprint density at radius 1 is 1.45 bits per heavy atom. The summed E-state index contributed by atoms with van der Waals surface area (Å²) in [5.41, 5.74) is 2.14. The smallest absolute Gasteiger partial charge is 0.125 e. The SMILES string of the molecule is CCOC(C)(C)C(Cc1cc(Cl)cc2c1OCC2)NC. The highest BCUT2D eigenvalue weighted by molar-refractivity contribution is 6.30. The van der Waals surface area contributed by atoms with Gasteiger partial charge in [-0.25, -0.2) is 0 Å². The van der Waals surface area contributed by atoms with Gasteiger partial charge in [-0.05, 0) is 57.5 Å². The Labute approximate surface area is 126 Å². The Kier molecular flexibility index (Phi) is 4.95. The Balaban J connectivity index is 2.24. The van der Waals surface area contributed by atoms with E-state index in [-0.39, 0.29) is 11.6 Å². The molecule has 0 bridgehead atoms. The van der Waals surface area contributed by atoms with Crippen LogP contribution in [-0.2, 0) is 17.6 Å². The van der Waals surface area contributed by atoms with E-state index in [9.17, 15) is 0 Å². The third-order valence-electron chi connectivity index (χ3n) is 3.95. The molecule has 4 heteroatoms. The highest BCUT2D eigenvalue weighted by Gasteiger charge is 2.30. The lowest BCUT2D eigenvalue weighted by Gasteiger charge is -2.34. The van der Waals surface area contributed by atoms with Crippen LogP contribution in [-0.4, -0.2) is 31.9 Å². The van der Waals surface area contributed by atoms with Gasteiger partial charge in [0.15, 0.2) is 0 Å². The molecular formula is C16H24ClNO2. The summed E-state index contributed by atoms with van der Waals surface area (Å²) < 4.78 is 11.6. The van der Waals surface area contributed by atoms with Gasteiger partial charge in [0.1, 0.15) is 5.75 Å². The molecule has 112 valence electrons. The second kappa shape index (κ2) is 6.33. The largest absolute Gasteiger partial charge is 0.493 e. The lowest BCUT2D eigenvalue weighted by molar-refractivity contribution is -0.0364. The van der Waals surface area contributed by atoms with Crippen LogP contribution in [0.3, 0.4) is 0 Å². The number of benzene rings is 1. The van der Waals surface area contributed by atoms with Gasteiger partial charge in [-0.3, -0.25) is 0 Å². The minimum atomic E-state index is -0.239. The van der Waals surface area contributed by atoms with Crippen LogP contribution in [0.4, 0.5) is 0 Å². The van der Waals surface area contributed by atoms with Crippen molar-refractivity contribution in [3.05, 3.63) is 28.3 Å². The first-order valence-corrected chi connectivity index (χ1v) is 7.61. The lowest BCUT2D eigenvalue weighted by Crippen LogP contribution is -2.48. The molecule has 2 rings (SSSR count). The van der Waals surface area contributed by atoms with E-state index in [4.69, 9.17) is 21.1 Å². The van der Waals surface area contributed by atoms with Crippen molar-refractivity contribution in [3.63, 3.8) is 0 Å². The van der Waals surface area contributed by atoms with Gasteiger partial charge < -0.3 is 14.8 Å². The fourth-order valence-electron chi connectivity index (χ4n) is 2.89. The van der Waals surface area contributed by atoms with Gasteiger partial charge in [0.25, 0.3) is 0 Å². The van der Waals surface area contributed by atoms with Crippen LogP contribution in [0.5, 0.6) is 5.75 Å². The number of rotatable bonds is 6. The van der Waals surface area contributed by atoms with Gasteiger partial charge in [-0.2, -0.15) is 0 Å². The maximum absolute atomic E-state index is 6.22. The molecule has 0 aliphatic carbocycles. The average Bonchev–Trinajstić information content (AvgIpc) is 2.83. The molecule has 0 spiro atoms. The average molecular weight is 298 g/mol. The third-order valence-corrected chi connectivity index (χ3v) is 4.17. The van der Waals surface area contributed by atoms with Crippen molar-refractivity contribution in [2.24, 2.45) is 0 Å². The number of ether oxygens (including phenoxy) is 2. The maximum Gasteiger partial charge on any atom is 0.125 e. The van der Waals surface area contributed by atoms with Gasteiger partial charge in [0.05, 0.1) is 12.2 Å². The summed E-state index contributed by atoms with van der Waals surface area (Å²) in [7, 11) is 1.97. The monoisotopic (exact) mass is 297 g/mol. The van der Waals surface area contributed by atoms with E-state index in [1.54, 1.807) is 0 Å². The van der Waals surface area contributed by atoms with Crippen LogP contribution in [0.15, 0.2) is 12.1 Å². The molecule has 0 saturated carbocycles. The van der Waals surface area contributed by atoms with Crippen molar-refractivity contribution >= 4 is 11.6 Å². The summed E-state index contributed by atoms with van der Waals surface area (Å²) in [6.45, 7) is 7.71. The summed E-state index contributed by atoms with van der Waals surface area (Å²) in [4.78, 5) is 0. The second-order valence-corrected chi connectivity index (χ2v) is 6.17.